The minimum Gasteiger partial charge on any atom is -0.390 e. The van der Waals surface area contributed by atoms with E-state index in [1.165, 1.54) is 0 Å². The number of amides is 1. The Bertz CT molecular complexity index is 875. The molecule has 7 atom stereocenters. The first-order valence-electron chi connectivity index (χ1n) is 12.6. The van der Waals surface area contributed by atoms with Gasteiger partial charge in [-0.25, -0.2) is 0 Å². The number of unbranched alkanes of at least 4 members (excludes halogenated alkanes) is 1. The summed E-state index contributed by atoms with van der Waals surface area (Å²) >= 11 is 0. The first-order chi connectivity index (χ1) is 16.0. The topological polar surface area (TPSA) is 68.2 Å². The van der Waals surface area contributed by atoms with Crippen molar-refractivity contribution in [2.75, 3.05) is 6.61 Å². The number of fused-ring (bicyclic) bond motifs is 3. The molecule has 1 aromatic carbocycles. The summed E-state index contributed by atoms with van der Waals surface area (Å²) in [6, 6.07) is 10.00. The number of hydrogen-bond donors (Lipinski definition) is 1. The zero-order valence-corrected chi connectivity index (χ0v) is 19.8. The SMILES string of the molecule is CCCC[C@@H]1OC[C@]2(C(O)C3C=CCCC3)N1C(=O)[C@@H]1CC(OCc3ccccc3)O[C@@]12C. The average Bonchev–Trinajstić information content (AvgIpc) is 3.45. The van der Waals surface area contributed by atoms with Crippen molar-refractivity contribution >= 4 is 5.91 Å². The fourth-order valence-corrected chi connectivity index (χ4v) is 6.51. The van der Waals surface area contributed by atoms with Crippen molar-refractivity contribution in [3.63, 3.8) is 0 Å². The third-order valence-electron chi connectivity index (χ3n) is 8.35. The van der Waals surface area contributed by atoms with Crippen LogP contribution in [-0.4, -0.2) is 52.3 Å². The molecule has 4 aliphatic rings. The van der Waals surface area contributed by atoms with Gasteiger partial charge in [0.1, 0.15) is 17.4 Å². The molecule has 3 fully saturated rings. The Morgan fingerprint density at radius 2 is 2.12 bits per heavy atom. The van der Waals surface area contributed by atoms with Crippen LogP contribution in [0.5, 0.6) is 0 Å². The van der Waals surface area contributed by atoms with Gasteiger partial charge in [-0.3, -0.25) is 4.79 Å². The van der Waals surface area contributed by atoms with Crippen molar-refractivity contribution < 1.29 is 24.1 Å². The maximum absolute atomic E-state index is 13.8. The largest absolute Gasteiger partial charge is 0.390 e. The summed E-state index contributed by atoms with van der Waals surface area (Å²) in [6.07, 6.45) is 9.07. The van der Waals surface area contributed by atoms with Gasteiger partial charge in [-0.05, 0) is 44.6 Å². The first-order valence-corrected chi connectivity index (χ1v) is 12.6. The molecule has 6 heteroatoms. The highest BCUT2D eigenvalue weighted by molar-refractivity contribution is 5.86. The van der Waals surface area contributed by atoms with Gasteiger partial charge in [-0.15, -0.1) is 0 Å². The Balaban J connectivity index is 1.43. The number of carbonyl (C=O) groups is 1. The Labute approximate surface area is 196 Å². The molecule has 5 rings (SSSR count). The number of allylic oxidation sites excluding steroid dienone is 1. The van der Waals surface area contributed by atoms with Crippen LogP contribution < -0.4 is 0 Å². The molecular weight excluding hydrogens is 418 g/mol. The van der Waals surface area contributed by atoms with E-state index in [4.69, 9.17) is 14.2 Å². The van der Waals surface area contributed by atoms with Crippen molar-refractivity contribution in [1.29, 1.82) is 0 Å². The molecule has 3 aliphatic heterocycles. The molecular formula is C27H37NO5. The number of benzene rings is 1. The Kier molecular flexibility index (Phi) is 6.38. The van der Waals surface area contributed by atoms with Crippen molar-refractivity contribution in [2.45, 2.75) is 95.2 Å². The number of nitrogens with zero attached hydrogens (tertiary/aromatic N) is 1. The van der Waals surface area contributed by atoms with Crippen LogP contribution in [0.3, 0.4) is 0 Å². The standard InChI is InChI=1S/C27H37NO5/c1-3-4-15-22-28-25(30)21-16-23(31-17-19-11-7-5-8-12-19)33-26(21,2)27(28,18-32-22)24(29)20-13-9-6-10-14-20/h5,7-9,11-13,20-24,29H,3-4,6,10,14-18H2,1-2H3/t20?,21-,22-,23?,24?,26-,27+/m0/s1. The van der Waals surface area contributed by atoms with E-state index >= 15 is 0 Å². The van der Waals surface area contributed by atoms with E-state index in [1.807, 2.05) is 42.2 Å². The number of hydrogen-bond acceptors (Lipinski definition) is 5. The van der Waals surface area contributed by atoms with Crippen molar-refractivity contribution in [2.24, 2.45) is 11.8 Å². The molecule has 1 aliphatic carbocycles. The monoisotopic (exact) mass is 455 g/mol. The van der Waals surface area contributed by atoms with Crippen LogP contribution in [0.15, 0.2) is 42.5 Å². The summed E-state index contributed by atoms with van der Waals surface area (Å²) in [5, 5.41) is 11.9. The molecule has 3 heterocycles. The van der Waals surface area contributed by atoms with Crippen LogP contribution in [0.2, 0.25) is 0 Å². The maximum Gasteiger partial charge on any atom is 0.231 e. The van der Waals surface area contributed by atoms with Gasteiger partial charge in [0.05, 0.1) is 25.2 Å². The van der Waals surface area contributed by atoms with Gasteiger partial charge in [0, 0.05) is 12.3 Å². The molecule has 3 saturated heterocycles. The lowest BCUT2D eigenvalue weighted by atomic mass is 9.69. The fraction of sp³-hybridized carbons (Fsp3) is 0.667. The molecule has 0 aromatic heterocycles. The fourth-order valence-electron chi connectivity index (χ4n) is 6.51. The lowest BCUT2D eigenvalue weighted by molar-refractivity contribution is -0.215. The van der Waals surface area contributed by atoms with E-state index in [-0.39, 0.29) is 24.0 Å². The zero-order valence-electron chi connectivity index (χ0n) is 19.8. The predicted molar refractivity (Wildman–Crippen MR) is 124 cm³/mol. The third kappa shape index (κ3) is 3.66. The lowest BCUT2D eigenvalue weighted by Crippen LogP contribution is -2.67. The highest BCUT2D eigenvalue weighted by Gasteiger charge is 2.76. The van der Waals surface area contributed by atoms with E-state index in [0.29, 0.717) is 19.6 Å². The quantitative estimate of drug-likeness (QED) is 0.596. The summed E-state index contributed by atoms with van der Waals surface area (Å²) < 4.78 is 19.0. The lowest BCUT2D eigenvalue weighted by Gasteiger charge is -2.47. The second kappa shape index (κ2) is 9.14. The van der Waals surface area contributed by atoms with Gasteiger partial charge in [-0.2, -0.15) is 0 Å². The molecule has 6 nitrogen and oxygen atoms in total. The zero-order chi connectivity index (χ0) is 23.1. The Morgan fingerprint density at radius 3 is 2.85 bits per heavy atom. The van der Waals surface area contributed by atoms with Gasteiger partial charge in [0.15, 0.2) is 6.29 Å². The number of aliphatic hydroxyl groups excluding tert-OH is 1. The highest BCUT2D eigenvalue weighted by atomic mass is 16.7. The van der Waals surface area contributed by atoms with Gasteiger partial charge in [0.2, 0.25) is 5.91 Å². The maximum atomic E-state index is 13.8. The predicted octanol–water partition coefficient (Wildman–Crippen LogP) is 4.17. The Hall–Kier alpha value is -1.73. The van der Waals surface area contributed by atoms with E-state index in [9.17, 15) is 9.90 Å². The van der Waals surface area contributed by atoms with Gasteiger partial charge in [0.25, 0.3) is 0 Å². The Morgan fingerprint density at radius 1 is 1.30 bits per heavy atom. The number of aliphatic hydroxyl groups is 1. The molecule has 0 radical (unpaired) electrons. The number of rotatable bonds is 8. The molecule has 1 amide bonds. The summed E-state index contributed by atoms with van der Waals surface area (Å²) in [6.45, 7) is 4.88. The van der Waals surface area contributed by atoms with Crippen LogP contribution in [0.25, 0.3) is 0 Å². The van der Waals surface area contributed by atoms with Crippen molar-refractivity contribution in [1.82, 2.24) is 4.90 Å². The van der Waals surface area contributed by atoms with Gasteiger partial charge >= 0.3 is 0 Å². The second-order valence-electron chi connectivity index (χ2n) is 10.2. The van der Waals surface area contributed by atoms with E-state index < -0.39 is 23.5 Å². The van der Waals surface area contributed by atoms with Crippen LogP contribution in [0.1, 0.15) is 64.4 Å². The summed E-state index contributed by atoms with van der Waals surface area (Å²) in [7, 11) is 0. The molecule has 0 bridgehead atoms. The summed E-state index contributed by atoms with van der Waals surface area (Å²) in [5.74, 6) is -0.305. The third-order valence-corrected chi connectivity index (χ3v) is 8.35. The van der Waals surface area contributed by atoms with Crippen molar-refractivity contribution in [3.05, 3.63) is 48.0 Å². The number of carbonyl (C=O) groups excluding carboxylic acids is 1. The molecule has 180 valence electrons. The summed E-state index contributed by atoms with van der Waals surface area (Å²) in [5.41, 5.74) is -0.691. The van der Waals surface area contributed by atoms with Crippen LogP contribution in [0.4, 0.5) is 0 Å². The van der Waals surface area contributed by atoms with Gasteiger partial charge in [-0.1, -0.05) is 55.8 Å². The number of ether oxygens (including phenoxy) is 3. The van der Waals surface area contributed by atoms with Crippen LogP contribution >= 0.6 is 0 Å². The molecule has 0 saturated carbocycles. The molecule has 1 N–H and O–H groups in total. The van der Waals surface area contributed by atoms with E-state index in [1.54, 1.807) is 0 Å². The molecule has 0 spiro atoms. The van der Waals surface area contributed by atoms with Crippen LogP contribution in [0, 0.1) is 11.8 Å². The molecule has 3 unspecified atom stereocenters. The molecule has 33 heavy (non-hydrogen) atoms. The van der Waals surface area contributed by atoms with Crippen molar-refractivity contribution in [3.8, 4) is 0 Å². The average molecular weight is 456 g/mol. The highest BCUT2D eigenvalue weighted by Crippen LogP contribution is 2.59. The smallest absolute Gasteiger partial charge is 0.231 e. The molecule has 1 aromatic rings. The van der Waals surface area contributed by atoms with E-state index in [0.717, 1.165) is 44.1 Å². The van der Waals surface area contributed by atoms with Gasteiger partial charge < -0.3 is 24.2 Å². The normalized spacial score (nSPS) is 38.5. The van der Waals surface area contributed by atoms with Crippen LogP contribution in [-0.2, 0) is 25.6 Å². The van der Waals surface area contributed by atoms with E-state index in [2.05, 4.69) is 19.1 Å². The summed E-state index contributed by atoms with van der Waals surface area (Å²) in [4.78, 5) is 15.7. The minimum atomic E-state index is -0.898. The second-order valence-corrected chi connectivity index (χ2v) is 10.2. The minimum absolute atomic E-state index is 0.00830. The first kappa shape index (κ1) is 23.0.